The third kappa shape index (κ3) is 3.53. The normalized spacial score (nSPS) is 23.1. The summed E-state index contributed by atoms with van der Waals surface area (Å²) in [5.74, 6) is 0.922. The predicted molar refractivity (Wildman–Crippen MR) is 81.4 cm³/mol. The van der Waals surface area contributed by atoms with E-state index in [0.717, 1.165) is 31.8 Å². The minimum Gasteiger partial charge on any atom is -0.365 e. The first-order valence-corrected chi connectivity index (χ1v) is 8.81. The second-order valence-corrected chi connectivity index (χ2v) is 8.05. The molecular formula is C14H20N2O4S. The molecule has 0 radical (unpaired) electrons. The van der Waals surface area contributed by atoms with Crippen LogP contribution in [0.1, 0.15) is 20.3 Å². The number of nitro groups is 1. The Bertz CT molecular complexity index is 647. The Kier molecular flexibility index (Phi) is 4.22. The Hall–Kier alpha value is -1.63. The molecule has 2 unspecified atom stereocenters. The van der Waals surface area contributed by atoms with E-state index in [9.17, 15) is 18.5 Å². The van der Waals surface area contributed by atoms with Crippen LogP contribution in [0.4, 0.5) is 11.4 Å². The molecule has 1 aliphatic heterocycles. The van der Waals surface area contributed by atoms with E-state index in [1.165, 1.54) is 6.07 Å². The molecule has 2 rings (SSSR count). The monoisotopic (exact) mass is 312 g/mol. The van der Waals surface area contributed by atoms with Crippen molar-refractivity contribution in [3.63, 3.8) is 0 Å². The maximum absolute atomic E-state index is 11.6. The summed E-state index contributed by atoms with van der Waals surface area (Å²) < 4.78 is 23.1. The van der Waals surface area contributed by atoms with Crippen molar-refractivity contribution >= 4 is 21.2 Å². The molecule has 0 saturated carbocycles. The number of hydrogen-bond donors (Lipinski definition) is 0. The van der Waals surface area contributed by atoms with Gasteiger partial charge in [0, 0.05) is 25.4 Å². The Balaban J connectivity index is 2.46. The van der Waals surface area contributed by atoms with Gasteiger partial charge >= 0.3 is 0 Å². The summed E-state index contributed by atoms with van der Waals surface area (Å²) in [7, 11) is -3.45. The molecule has 0 aliphatic carbocycles. The van der Waals surface area contributed by atoms with Crippen molar-refractivity contribution in [3.8, 4) is 0 Å². The van der Waals surface area contributed by atoms with Gasteiger partial charge in [-0.2, -0.15) is 0 Å². The zero-order chi connectivity index (χ0) is 15.8. The Morgan fingerprint density at radius 1 is 1.24 bits per heavy atom. The van der Waals surface area contributed by atoms with E-state index in [1.54, 1.807) is 6.07 Å². The number of hydrogen-bond acceptors (Lipinski definition) is 5. The number of sulfone groups is 1. The molecule has 1 aliphatic rings. The molecule has 116 valence electrons. The highest BCUT2D eigenvalue weighted by Gasteiger charge is 2.28. The van der Waals surface area contributed by atoms with Crippen molar-refractivity contribution < 1.29 is 13.3 Å². The number of benzene rings is 1. The largest absolute Gasteiger partial charge is 0.365 e. The third-order valence-corrected chi connectivity index (χ3v) is 4.89. The van der Waals surface area contributed by atoms with Gasteiger partial charge in [-0.3, -0.25) is 10.1 Å². The molecule has 7 heteroatoms. The second kappa shape index (κ2) is 5.63. The van der Waals surface area contributed by atoms with Gasteiger partial charge in [0.15, 0.2) is 9.84 Å². The summed E-state index contributed by atoms with van der Waals surface area (Å²) >= 11 is 0. The van der Waals surface area contributed by atoms with Gasteiger partial charge in [0.25, 0.3) is 5.69 Å². The SMILES string of the molecule is CC1CC(C)CN(c2ccc(S(C)(=O)=O)cc2[N+](=O)[O-])C1. The van der Waals surface area contributed by atoms with Gasteiger partial charge < -0.3 is 4.90 Å². The maximum Gasteiger partial charge on any atom is 0.293 e. The molecule has 1 heterocycles. The molecule has 0 bridgehead atoms. The van der Waals surface area contributed by atoms with E-state index in [2.05, 4.69) is 13.8 Å². The highest BCUT2D eigenvalue weighted by atomic mass is 32.2. The predicted octanol–water partition coefficient (Wildman–Crippen LogP) is 2.48. The van der Waals surface area contributed by atoms with E-state index >= 15 is 0 Å². The smallest absolute Gasteiger partial charge is 0.293 e. The van der Waals surface area contributed by atoms with Crippen LogP contribution in [0.5, 0.6) is 0 Å². The summed E-state index contributed by atoms with van der Waals surface area (Å²) in [6.07, 6.45) is 2.16. The van der Waals surface area contributed by atoms with Crippen LogP contribution in [0.25, 0.3) is 0 Å². The molecule has 6 nitrogen and oxygen atoms in total. The van der Waals surface area contributed by atoms with Crippen LogP contribution < -0.4 is 4.90 Å². The number of rotatable bonds is 3. The Labute approximate surface area is 124 Å². The quantitative estimate of drug-likeness (QED) is 0.632. The summed E-state index contributed by atoms with van der Waals surface area (Å²) in [6.45, 7) is 5.76. The van der Waals surface area contributed by atoms with Crippen molar-refractivity contribution in [1.82, 2.24) is 0 Å². The fourth-order valence-electron chi connectivity index (χ4n) is 3.01. The van der Waals surface area contributed by atoms with Crippen LogP contribution in [-0.4, -0.2) is 32.7 Å². The van der Waals surface area contributed by atoms with Crippen molar-refractivity contribution in [3.05, 3.63) is 28.3 Å². The minimum absolute atomic E-state index is 0.0175. The average molecular weight is 312 g/mol. The van der Waals surface area contributed by atoms with Crippen molar-refractivity contribution in [2.24, 2.45) is 11.8 Å². The highest BCUT2D eigenvalue weighted by molar-refractivity contribution is 7.90. The van der Waals surface area contributed by atoms with E-state index in [0.29, 0.717) is 17.5 Å². The maximum atomic E-state index is 11.6. The average Bonchev–Trinajstić information content (AvgIpc) is 2.35. The summed E-state index contributed by atoms with van der Waals surface area (Å²) in [6, 6.07) is 4.16. The standard InChI is InChI=1S/C14H20N2O4S/c1-10-6-11(2)9-15(8-10)13-5-4-12(21(3,19)20)7-14(13)16(17)18/h4-5,7,10-11H,6,8-9H2,1-3H3. The minimum atomic E-state index is -3.45. The number of nitro benzene ring substituents is 1. The summed E-state index contributed by atoms with van der Waals surface area (Å²) in [5, 5.41) is 11.3. The van der Waals surface area contributed by atoms with Gasteiger partial charge in [0.2, 0.25) is 0 Å². The highest BCUT2D eigenvalue weighted by Crippen LogP contribution is 2.34. The molecule has 21 heavy (non-hydrogen) atoms. The molecule has 1 aromatic rings. The Morgan fingerprint density at radius 3 is 2.29 bits per heavy atom. The molecule has 2 atom stereocenters. The molecular weight excluding hydrogens is 292 g/mol. The molecule has 0 aromatic heterocycles. The van der Waals surface area contributed by atoms with E-state index < -0.39 is 14.8 Å². The van der Waals surface area contributed by atoms with Crippen LogP contribution in [0.3, 0.4) is 0 Å². The van der Waals surface area contributed by atoms with E-state index in [1.807, 2.05) is 4.90 Å². The van der Waals surface area contributed by atoms with Gasteiger partial charge in [0.05, 0.1) is 9.82 Å². The second-order valence-electron chi connectivity index (χ2n) is 6.03. The van der Waals surface area contributed by atoms with Gasteiger partial charge in [-0.05, 0) is 30.4 Å². The van der Waals surface area contributed by atoms with Crippen LogP contribution in [0, 0.1) is 22.0 Å². The lowest BCUT2D eigenvalue weighted by Crippen LogP contribution is -2.39. The molecule has 1 saturated heterocycles. The van der Waals surface area contributed by atoms with Crippen LogP contribution >= 0.6 is 0 Å². The van der Waals surface area contributed by atoms with Crippen molar-refractivity contribution in [2.45, 2.75) is 25.2 Å². The Morgan fingerprint density at radius 2 is 1.81 bits per heavy atom. The zero-order valence-corrected chi connectivity index (χ0v) is 13.3. The topological polar surface area (TPSA) is 80.5 Å². The molecule has 1 fully saturated rings. The first-order valence-electron chi connectivity index (χ1n) is 6.92. The molecule has 0 N–H and O–H groups in total. The van der Waals surface area contributed by atoms with Gasteiger partial charge in [-0.1, -0.05) is 13.8 Å². The van der Waals surface area contributed by atoms with Crippen LogP contribution in [0.2, 0.25) is 0 Å². The first kappa shape index (κ1) is 15.8. The van der Waals surface area contributed by atoms with Crippen LogP contribution in [-0.2, 0) is 9.84 Å². The lowest BCUT2D eigenvalue weighted by Gasteiger charge is -2.36. The van der Waals surface area contributed by atoms with Crippen LogP contribution in [0.15, 0.2) is 23.1 Å². The molecule has 1 aromatic carbocycles. The number of anilines is 1. The number of nitrogens with zero attached hydrogens (tertiary/aromatic N) is 2. The first-order chi connectivity index (χ1) is 9.68. The third-order valence-electron chi connectivity index (χ3n) is 3.78. The van der Waals surface area contributed by atoms with Gasteiger partial charge in [-0.15, -0.1) is 0 Å². The van der Waals surface area contributed by atoms with Gasteiger partial charge in [-0.25, -0.2) is 8.42 Å². The fraction of sp³-hybridized carbons (Fsp3) is 0.571. The van der Waals surface area contributed by atoms with Gasteiger partial charge in [0.1, 0.15) is 5.69 Å². The van der Waals surface area contributed by atoms with Crippen molar-refractivity contribution in [2.75, 3.05) is 24.2 Å². The van der Waals surface area contributed by atoms with Crippen molar-refractivity contribution in [1.29, 1.82) is 0 Å². The molecule has 0 amide bonds. The molecule has 0 spiro atoms. The van der Waals surface area contributed by atoms with E-state index in [4.69, 9.17) is 0 Å². The lowest BCUT2D eigenvalue weighted by molar-refractivity contribution is -0.384. The summed E-state index contributed by atoms with van der Waals surface area (Å²) in [4.78, 5) is 12.8. The van der Waals surface area contributed by atoms with E-state index in [-0.39, 0.29) is 10.6 Å². The fourth-order valence-corrected chi connectivity index (χ4v) is 3.65. The lowest BCUT2D eigenvalue weighted by atomic mass is 9.91. The number of piperidine rings is 1. The zero-order valence-electron chi connectivity index (χ0n) is 12.4. The summed E-state index contributed by atoms with van der Waals surface area (Å²) in [5.41, 5.74) is 0.366.